The molecule has 0 aromatic rings. The van der Waals surface area contributed by atoms with Crippen LogP contribution in [0.5, 0.6) is 0 Å². The Morgan fingerprint density at radius 3 is 2.43 bits per heavy atom. The van der Waals surface area contributed by atoms with Gasteiger partial charge in [-0.1, -0.05) is 32.1 Å². The van der Waals surface area contributed by atoms with Gasteiger partial charge in [0.15, 0.2) is 0 Å². The molecule has 2 unspecified atom stereocenters. The van der Waals surface area contributed by atoms with Crippen LogP contribution >= 0.6 is 11.6 Å². The first-order valence-corrected chi connectivity index (χ1v) is 6.14. The maximum atomic E-state index is 5.80. The third-order valence-electron chi connectivity index (χ3n) is 3.18. The van der Waals surface area contributed by atoms with Crippen LogP contribution in [0.15, 0.2) is 4.99 Å². The SMILES string of the molecule is ClC1=NC2CCCCCCCCC2O1. The normalized spacial score (nSPS) is 34.2. The molecule has 2 nitrogen and oxygen atoms in total. The van der Waals surface area contributed by atoms with Crippen molar-refractivity contribution in [3.63, 3.8) is 0 Å². The molecule has 0 bridgehead atoms. The van der Waals surface area contributed by atoms with Crippen LogP contribution < -0.4 is 0 Å². The van der Waals surface area contributed by atoms with Crippen molar-refractivity contribution in [1.29, 1.82) is 0 Å². The number of hydrogen-bond acceptors (Lipinski definition) is 2. The zero-order valence-electron chi connectivity index (χ0n) is 8.54. The summed E-state index contributed by atoms with van der Waals surface area (Å²) >= 11 is 5.80. The summed E-state index contributed by atoms with van der Waals surface area (Å²) in [6.07, 6.45) is 10.5. The summed E-state index contributed by atoms with van der Waals surface area (Å²) in [4.78, 5) is 4.34. The first-order chi connectivity index (χ1) is 6.86. The maximum absolute atomic E-state index is 5.80. The Kier molecular flexibility index (Phi) is 3.68. The van der Waals surface area contributed by atoms with Crippen molar-refractivity contribution in [1.82, 2.24) is 0 Å². The summed E-state index contributed by atoms with van der Waals surface area (Å²) in [7, 11) is 0. The van der Waals surface area contributed by atoms with Gasteiger partial charge in [0.2, 0.25) is 0 Å². The van der Waals surface area contributed by atoms with Crippen molar-refractivity contribution in [2.75, 3.05) is 0 Å². The summed E-state index contributed by atoms with van der Waals surface area (Å²) in [5, 5.41) is 0.388. The molecule has 14 heavy (non-hydrogen) atoms. The van der Waals surface area contributed by atoms with Gasteiger partial charge in [-0.3, -0.25) is 0 Å². The number of ether oxygens (including phenoxy) is 1. The second-order valence-electron chi connectivity index (χ2n) is 4.30. The van der Waals surface area contributed by atoms with Gasteiger partial charge in [0.25, 0.3) is 5.36 Å². The summed E-state index contributed by atoms with van der Waals surface area (Å²) in [6, 6.07) is 0.348. The van der Waals surface area contributed by atoms with E-state index < -0.39 is 0 Å². The third kappa shape index (κ3) is 2.63. The fraction of sp³-hybridized carbons (Fsp3) is 0.909. The predicted molar refractivity (Wildman–Crippen MR) is 58.9 cm³/mol. The zero-order chi connectivity index (χ0) is 9.80. The molecule has 1 aliphatic carbocycles. The van der Waals surface area contributed by atoms with E-state index in [1.54, 1.807) is 0 Å². The lowest BCUT2D eigenvalue weighted by Gasteiger charge is -2.18. The Hall–Kier alpha value is -0.240. The molecule has 2 rings (SSSR count). The largest absolute Gasteiger partial charge is 0.464 e. The van der Waals surface area contributed by atoms with Crippen LogP contribution in [0.1, 0.15) is 51.4 Å². The zero-order valence-corrected chi connectivity index (χ0v) is 9.30. The molecule has 0 saturated heterocycles. The Bertz CT molecular complexity index is 217. The molecule has 1 heterocycles. The van der Waals surface area contributed by atoms with E-state index in [9.17, 15) is 0 Å². The Morgan fingerprint density at radius 1 is 1.00 bits per heavy atom. The minimum Gasteiger partial charge on any atom is -0.464 e. The quantitative estimate of drug-likeness (QED) is 0.606. The molecule has 0 spiro atoms. The van der Waals surface area contributed by atoms with Crippen molar-refractivity contribution >= 4 is 17.0 Å². The Balaban J connectivity index is 1.90. The van der Waals surface area contributed by atoms with E-state index in [0.717, 1.165) is 12.8 Å². The van der Waals surface area contributed by atoms with Gasteiger partial charge in [0, 0.05) is 0 Å². The predicted octanol–water partition coefficient (Wildman–Crippen LogP) is 3.48. The molecular formula is C11H18ClNO. The Morgan fingerprint density at radius 2 is 1.64 bits per heavy atom. The summed E-state index contributed by atoms with van der Waals surface area (Å²) in [5.41, 5.74) is 0. The average Bonchev–Trinajstić information content (AvgIpc) is 2.52. The van der Waals surface area contributed by atoms with Crippen molar-refractivity contribution in [3.8, 4) is 0 Å². The second-order valence-corrected chi connectivity index (χ2v) is 4.63. The topological polar surface area (TPSA) is 21.6 Å². The van der Waals surface area contributed by atoms with Crippen LogP contribution in [0.2, 0.25) is 0 Å². The molecule has 2 aliphatic rings. The van der Waals surface area contributed by atoms with E-state index in [0.29, 0.717) is 11.4 Å². The fourth-order valence-electron chi connectivity index (χ4n) is 2.36. The molecule has 2 atom stereocenters. The van der Waals surface area contributed by atoms with Crippen LogP contribution in [0.25, 0.3) is 0 Å². The standard InChI is InChI=1S/C11H18ClNO/c12-11-13-9-7-5-3-1-2-4-6-8-10(9)14-11/h9-10H,1-8H2. The molecule has 0 amide bonds. The third-order valence-corrected chi connectivity index (χ3v) is 3.37. The summed E-state index contributed by atoms with van der Waals surface area (Å²) < 4.78 is 5.51. The van der Waals surface area contributed by atoms with Crippen molar-refractivity contribution in [2.45, 2.75) is 63.5 Å². The molecule has 0 aromatic carbocycles. The smallest absolute Gasteiger partial charge is 0.282 e. The van der Waals surface area contributed by atoms with Gasteiger partial charge in [-0.05, 0) is 30.9 Å². The molecular weight excluding hydrogens is 198 g/mol. The molecule has 1 aliphatic heterocycles. The fourth-order valence-corrected chi connectivity index (χ4v) is 2.60. The Labute approximate surface area is 90.7 Å². The molecule has 0 aromatic heterocycles. The highest BCUT2D eigenvalue weighted by atomic mass is 35.5. The number of nitrogens with zero attached hydrogens (tertiary/aromatic N) is 1. The van der Waals surface area contributed by atoms with Crippen molar-refractivity contribution in [3.05, 3.63) is 0 Å². The lowest BCUT2D eigenvalue weighted by Crippen LogP contribution is -2.22. The van der Waals surface area contributed by atoms with Crippen LogP contribution in [-0.4, -0.2) is 17.5 Å². The van der Waals surface area contributed by atoms with E-state index in [2.05, 4.69) is 4.99 Å². The monoisotopic (exact) mass is 215 g/mol. The highest BCUT2D eigenvalue weighted by molar-refractivity contribution is 6.63. The number of halogens is 1. The first kappa shape index (κ1) is 10.3. The van der Waals surface area contributed by atoms with Gasteiger partial charge in [0.1, 0.15) is 6.10 Å². The molecule has 80 valence electrons. The van der Waals surface area contributed by atoms with Crippen molar-refractivity contribution in [2.24, 2.45) is 4.99 Å². The van der Waals surface area contributed by atoms with E-state index in [-0.39, 0.29) is 6.10 Å². The number of fused-ring (bicyclic) bond motifs is 1. The van der Waals surface area contributed by atoms with Gasteiger partial charge < -0.3 is 4.74 Å². The van der Waals surface area contributed by atoms with Gasteiger partial charge in [-0.25, -0.2) is 4.99 Å². The van der Waals surface area contributed by atoms with Crippen LogP contribution in [0.4, 0.5) is 0 Å². The van der Waals surface area contributed by atoms with E-state index in [4.69, 9.17) is 16.3 Å². The van der Waals surface area contributed by atoms with E-state index in [1.807, 2.05) is 0 Å². The molecule has 1 fully saturated rings. The average molecular weight is 216 g/mol. The lowest BCUT2D eigenvalue weighted by atomic mass is 9.96. The van der Waals surface area contributed by atoms with Crippen LogP contribution in [0.3, 0.4) is 0 Å². The lowest BCUT2D eigenvalue weighted by molar-refractivity contribution is 0.173. The number of hydrogen-bond donors (Lipinski definition) is 0. The first-order valence-electron chi connectivity index (χ1n) is 5.76. The van der Waals surface area contributed by atoms with Crippen LogP contribution in [-0.2, 0) is 4.74 Å². The second kappa shape index (κ2) is 5.01. The molecule has 1 saturated carbocycles. The molecule has 0 N–H and O–H groups in total. The summed E-state index contributed by atoms with van der Waals surface area (Å²) in [5.74, 6) is 0. The molecule has 3 heteroatoms. The minimum atomic E-state index is 0.278. The number of rotatable bonds is 0. The minimum absolute atomic E-state index is 0.278. The highest BCUT2D eigenvalue weighted by Gasteiger charge is 2.29. The van der Waals surface area contributed by atoms with Gasteiger partial charge in [0.05, 0.1) is 6.04 Å². The highest BCUT2D eigenvalue weighted by Crippen LogP contribution is 2.26. The van der Waals surface area contributed by atoms with Gasteiger partial charge in [-0.15, -0.1) is 0 Å². The van der Waals surface area contributed by atoms with E-state index >= 15 is 0 Å². The summed E-state index contributed by atoms with van der Waals surface area (Å²) in [6.45, 7) is 0. The van der Waals surface area contributed by atoms with Gasteiger partial charge in [-0.2, -0.15) is 0 Å². The van der Waals surface area contributed by atoms with Gasteiger partial charge >= 0.3 is 0 Å². The van der Waals surface area contributed by atoms with Crippen molar-refractivity contribution < 1.29 is 4.74 Å². The number of aliphatic imine (C=N–C) groups is 1. The molecule has 0 radical (unpaired) electrons. The van der Waals surface area contributed by atoms with E-state index in [1.165, 1.54) is 38.5 Å². The maximum Gasteiger partial charge on any atom is 0.282 e. The van der Waals surface area contributed by atoms with Crippen LogP contribution in [0, 0.1) is 0 Å².